The van der Waals surface area contributed by atoms with E-state index in [1.807, 2.05) is 0 Å². The number of carbonyl (C=O) groups is 2. The topological polar surface area (TPSA) is 74.6 Å². The summed E-state index contributed by atoms with van der Waals surface area (Å²) in [4.78, 5) is 24.8. The predicted octanol–water partition coefficient (Wildman–Crippen LogP) is 15.5. The molecule has 0 spiro atoms. The molecule has 0 aromatic carbocycles. The quantitative estimate of drug-likeness (QED) is 0.0495. The standard InChI is InChI=1S/C46H88O4/c1-7-9-11-13-15-17-19-21-23-25-27-29-31-33-41(39(3)4)35-37-43(45(47)48)44(46(49)50)38-36-42(40(5)6)34-32-30-28-26-24-22-20-18-16-14-12-10-8-2/h39-42H,7-38H2,1-6H3,(H,47,48)(H,49,50)/b44-43-. The van der Waals surface area contributed by atoms with E-state index in [-0.39, 0.29) is 11.1 Å². The van der Waals surface area contributed by atoms with Crippen LogP contribution in [0.25, 0.3) is 0 Å². The maximum absolute atomic E-state index is 12.4. The Bertz CT molecular complexity index is 747. The second-order valence-corrected chi connectivity index (χ2v) is 16.7. The monoisotopic (exact) mass is 705 g/mol. The van der Waals surface area contributed by atoms with Gasteiger partial charge in [-0.1, -0.05) is 221 Å². The summed E-state index contributed by atoms with van der Waals surface area (Å²) in [5.41, 5.74) is 0.300. The van der Waals surface area contributed by atoms with Crippen LogP contribution in [0.2, 0.25) is 0 Å². The van der Waals surface area contributed by atoms with Gasteiger partial charge in [0.25, 0.3) is 0 Å². The van der Waals surface area contributed by atoms with Crippen molar-refractivity contribution in [1.29, 1.82) is 0 Å². The van der Waals surface area contributed by atoms with Crippen LogP contribution < -0.4 is 0 Å². The minimum atomic E-state index is -1.04. The first-order chi connectivity index (χ1) is 24.1. The first-order valence-electron chi connectivity index (χ1n) is 22.3. The lowest BCUT2D eigenvalue weighted by atomic mass is 9.82. The van der Waals surface area contributed by atoms with Gasteiger partial charge in [0.1, 0.15) is 0 Å². The summed E-state index contributed by atoms with van der Waals surface area (Å²) in [6.45, 7) is 13.5. The fourth-order valence-electron chi connectivity index (χ4n) is 7.90. The van der Waals surface area contributed by atoms with Crippen LogP contribution >= 0.6 is 0 Å². The molecule has 296 valence electrons. The van der Waals surface area contributed by atoms with Crippen LogP contribution in [-0.4, -0.2) is 22.2 Å². The van der Waals surface area contributed by atoms with Gasteiger partial charge >= 0.3 is 11.9 Å². The lowest BCUT2D eigenvalue weighted by Crippen LogP contribution is -2.17. The van der Waals surface area contributed by atoms with Crippen molar-refractivity contribution in [2.24, 2.45) is 23.7 Å². The Labute approximate surface area is 312 Å². The molecule has 0 amide bonds. The van der Waals surface area contributed by atoms with Crippen molar-refractivity contribution >= 4 is 11.9 Å². The van der Waals surface area contributed by atoms with Gasteiger partial charge in [-0.25, -0.2) is 9.59 Å². The summed E-state index contributed by atoms with van der Waals surface area (Å²) in [6, 6.07) is 0. The van der Waals surface area contributed by atoms with Gasteiger partial charge in [-0.3, -0.25) is 0 Å². The zero-order valence-corrected chi connectivity index (χ0v) is 34.6. The average Bonchev–Trinajstić information content (AvgIpc) is 3.07. The van der Waals surface area contributed by atoms with E-state index in [0.29, 0.717) is 36.5 Å². The maximum Gasteiger partial charge on any atom is 0.332 e. The third-order valence-electron chi connectivity index (χ3n) is 11.7. The second kappa shape index (κ2) is 34.7. The summed E-state index contributed by atoms with van der Waals surface area (Å²) >= 11 is 0. The molecule has 2 atom stereocenters. The van der Waals surface area contributed by atoms with E-state index in [4.69, 9.17) is 0 Å². The number of carboxylic acid groups (broad SMARTS) is 2. The van der Waals surface area contributed by atoms with E-state index in [1.165, 1.54) is 167 Å². The summed E-state index contributed by atoms with van der Waals surface area (Å²) in [7, 11) is 0. The number of rotatable bonds is 38. The third kappa shape index (κ3) is 28.3. The Kier molecular flexibility index (Phi) is 33.8. The lowest BCUT2D eigenvalue weighted by molar-refractivity contribution is -0.136. The molecule has 0 radical (unpaired) electrons. The molecule has 0 aromatic heterocycles. The van der Waals surface area contributed by atoms with Gasteiger partial charge in [0, 0.05) is 11.1 Å². The average molecular weight is 705 g/mol. The third-order valence-corrected chi connectivity index (χ3v) is 11.7. The number of carboxylic acids is 2. The largest absolute Gasteiger partial charge is 0.478 e. The van der Waals surface area contributed by atoms with Gasteiger partial charge in [0.2, 0.25) is 0 Å². The van der Waals surface area contributed by atoms with E-state index >= 15 is 0 Å². The van der Waals surface area contributed by atoms with Crippen molar-refractivity contribution in [3.05, 3.63) is 11.1 Å². The predicted molar refractivity (Wildman–Crippen MR) is 218 cm³/mol. The molecular formula is C46H88O4. The summed E-state index contributed by atoms with van der Waals surface area (Å²) in [5.74, 6) is -0.258. The van der Waals surface area contributed by atoms with Crippen LogP contribution in [0.5, 0.6) is 0 Å². The molecule has 0 aromatic rings. The highest BCUT2D eigenvalue weighted by Crippen LogP contribution is 2.31. The highest BCUT2D eigenvalue weighted by atomic mass is 16.4. The van der Waals surface area contributed by atoms with Gasteiger partial charge in [-0.05, 0) is 49.4 Å². The summed E-state index contributed by atoms with van der Waals surface area (Å²) in [5, 5.41) is 20.3. The summed E-state index contributed by atoms with van der Waals surface area (Å²) in [6.07, 6.45) is 39.4. The Hall–Kier alpha value is -1.32. The molecule has 4 heteroatoms. The van der Waals surface area contributed by atoms with Crippen LogP contribution in [0.3, 0.4) is 0 Å². The van der Waals surface area contributed by atoms with Gasteiger partial charge in [-0.2, -0.15) is 0 Å². The van der Waals surface area contributed by atoms with Crippen LogP contribution in [0.4, 0.5) is 0 Å². The molecule has 0 heterocycles. The molecule has 0 aliphatic carbocycles. The van der Waals surface area contributed by atoms with E-state index < -0.39 is 11.9 Å². The van der Waals surface area contributed by atoms with Crippen LogP contribution in [0.15, 0.2) is 11.1 Å². The molecule has 2 unspecified atom stereocenters. The molecule has 0 saturated carbocycles. The second-order valence-electron chi connectivity index (χ2n) is 16.7. The summed E-state index contributed by atoms with van der Waals surface area (Å²) < 4.78 is 0. The highest BCUT2D eigenvalue weighted by molar-refractivity contribution is 5.98. The van der Waals surface area contributed by atoms with Crippen molar-refractivity contribution in [1.82, 2.24) is 0 Å². The Balaban J connectivity index is 4.57. The van der Waals surface area contributed by atoms with Gasteiger partial charge in [0.15, 0.2) is 0 Å². The van der Waals surface area contributed by atoms with E-state index in [0.717, 1.165) is 25.7 Å². The SMILES string of the molecule is CCCCCCCCCCCCCCCC(CC/C(C(=O)O)=C(\CCC(CCCCCCCCCCCCCCC)C(C)C)C(=O)O)C(C)C. The lowest BCUT2D eigenvalue weighted by Gasteiger charge is -2.23. The first kappa shape index (κ1) is 48.7. The van der Waals surface area contributed by atoms with Crippen LogP contribution in [0.1, 0.15) is 247 Å². The van der Waals surface area contributed by atoms with Crippen molar-refractivity contribution in [2.45, 2.75) is 247 Å². The number of hydrogen-bond acceptors (Lipinski definition) is 2. The molecule has 0 aliphatic heterocycles. The van der Waals surface area contributed by atoms with Gasteiger partial charge < -0.3 is 10.2 Å². The fourth-order valence-corrected chi connectivity index (χ4v) is 7.90. The van der Waals surface area contributed by atoms with E-state index in [2.05, 4.69) is 41.5 Å². The number of aliphatic carboxylic acids is 2. The van der Waals surface area contributed by atoms with Gasteiger partial charge in [0.05, 0.1) is 0 Å². The molecule has 0 bridgehead atoms. The Morgan fingerprint density at radius 1 is 0.360 bits per heavy atom. The number of unbranched alkanes of at least 4 members (excludes halogenated alkanes) is 24. The minimum absolute atomic E-state index is 0.150. The molecular weight excluding hydrogens is 617 g/mol. The van der Waals surface area contributed by atoms with Gasteiger partial charge in [-0.15, -0.1) is 0 Å². The van der Waals surface area contributed by atoms with Crippen LogP contribution in [-0.2, 0) is 9.59 Å². The Morgan fingerprint density at radius 3 is 0.780 bits per heavy atom. The minimum Gasteiger partial charge on any atom is -0.478 e. The fraction of sp³-hybridized carbons (Fsp3) is 0.913. The van der Waals surface area contributed by atoms with Crippen molar-refractivity contribution in [2.75, 3.05) is 0 Å². The highest BCUT2D eigenvalue weighted by Gasteiger charge is 2.24. The first-order valence-corrected chi connectivity index (χ1v) is 22.3. The molecule has 0 saturated heterocycles. The van der Waals surface area contributed by atoms with Crippen LogP contribution in [0, 0.1) is 23.7 Å². The zero-order valence-electron chi connectivity index (χ0n) is 34.6. The van der Waals surface area contributed by atoms with E-state index in [9.17, 15) is 19.8 Å². The maximum atomic E-state index is 12.4. The normalized spacial score (nSPS) is 13.6. The number of hydrogen-bond donors (Lipinski definition) is 2. The van der Waals surface area contributed by atoms with Crippen molar-refractivity contribution in [3.63, 3.8) is 0 Å². The molecule has 50 heavy (non-hydrogen) atoms. The molecule has 0 fully saturated rings. The molecule has 4 nitrogen and oxygen atoms in total. The van der Waals surface area contributed by atoms with Crippen molar-refractivity contribution < 1.29 is 19.8 Å². The zero-order chi connectivity index (χ0) is 37.2. The Morgan fingerprint density at radius 2 is 0.580 bits per heavy atom. The van der Waals surface area contributed by atoms with E-state index in [1.54, 1.807) is 0 Å². The smallest absolute Gasteiger partial charge is 0.332 e. The molecule has 2 N–H and O–H groups in total. The van der Waals surface area contributed by atoms with Crippen molar-refractivity contribution in [3.8, 4) is 0 Å². The molecule has 0 aliphatic rings. The molecule has 0 rings (SSSR count).